The van der Waals surface area contributed by atoms with Gasteiger partial charge in [-0.3, -0.25) is 0 Å². The third kappa shape index (κ3) is 4.87. The van der Waals surface area contributed by atoms with Gasteiger partial charge >= 0.3 is 0 Å². The zero-order valence-electron chi connectivity index (χ0n) is 16.6. The summed E-state index contributed by atoms with van der Waals surface area (Å²) in [5, 5.41) is 0.636. The van der Waals surface area contributed by atoms with Crippen LogP contribution in [0.25, 0.3) is 10.6 Å². The summed E-state index contributed by atoms with van der Waals surface area (Å²) in [6.07, 6.45) is 0. The number of nitrogens with zero attached hydrogens (tertiary/aromatic N) is 1. The Labute approximate surface area is 166 Å². The van der Waals surface area contributed by atoms with Gasteiger partial charge < -0.3 is 23.8 Å². The molecule has 0 unspecified atom stereocenters. The van der Waals surface area contributed by atoms with E-state index in [-0.39, 0.29) is 0 Å². The number of rotatable bonds is 8. The van der Waals surface area contributed by atoms with Gasteiger partial charge in [-0.1, -0.05) is 17.7 Å². The van der Waals surface area contributed by atoms with Crippen LogP contribution in [-0.4, -0.2) is 54.0 Å². The molecule has 146 valence electrons. The summed E-state index contributed by atoms with van der Waals surface area (Å²) in [7, 11) is 10.4. The van der Waals surface area contributed by atoms with E-state index >= 15 is 0 Å². The molecule has 0 fully saturated rings. The van der Waals surface area contributed by atoms with Crippen molar-refractivity contribution in [1.29, 1.82) is 0 Å². The second-order valence-corrected chi connectivity index (χ2v) is 6.55. The van der Waals surface area contributed by atoms with Crippen LogP contribution in [0.1, 0.15) is 11.1 Å². The molecular weight excluding hydrogens is 366 g/mol. The van der Waals surface area contributed by atoms with Gasteiger partial charge in [-0.25, -0.2) is 0 Å². The summed E-state index contributed by atoms with van der Waals surface area (Å²) in [6.45, 7) is 0.655. The zero-order valence-corrected chi connectivity index (χ0v) is 17.4. The summed E-state index contributed by atoms with van der Waals surface area (Å²) in [5.41, 5.74) is 2.77. The molecule has 0 heterocycles. The van der Waals surface area contributed by atoms with Gasteiger partial charge in [-0.05, 0) is 61.1 Å². The van der Waals surface area contributed by atoms with Crippen molar-refractivity contribution in [1.82, 2.24) is 4.90 Å². The molecule has 0 atom stereocenters. The maximum Gasteiger partial charge on any atom is 0.161 e. The predicted octanol–water partition coefficient (Wildman–Crippen LogP) is 4.39. The fourth-order valence-corrected chi connectivity index (χ4v) is 3.06. The average molecular weight is 392 g/mol. The van der Waals surface area contributed by atoms with E-state index in [1.165, 1.54) is 0 Å². The maximum absolute atomic E-state index is 6.83. The topological polar surface area (TPSA) is 40.2 Å². The normalized spacial score (nSPS) is 11.9. The van der Waals surface area contributed by atoms with Crippen LogP contribution in [0.15, 0.2) is 36.4 Å². The first kappa shape index (κ1) is 20.9. The minimum atomic E-state index is 0.629. The van der Waals surface area contributed by atoms with Crippen molar-refractivity contribution in [2.24, 2.45) is 0 Å². The van der Waals surface area contributed by atoms with Crippen molar-refractivity contribution < 1.29 is 18.9 Å². The second kappa shape index (κ2) is 9.53. The fourth-order valence-electron chi connectivity index (χ4n) is 2.77. The monoisotopic (exact) mass is 391 g/mol. The molecule has 0 radical (unpaired) electrons. The number of halogens is 1. The van der Waals surface area contributed by atoms with Gasteiger partial charge in [0.25, 0.3) is 0 Å². The smallest absolute Gasteiger partial charge is 0.161 e. The highest BCUT2D eigenvalue weighted by Crippen LogP contribution is 2.38. The molecule has 2 aromatic rings. The summed E-state index contributed by atoms with van der Waals surface area (Å²) >= 11 is 6.83. The maximum atomic E-state index is 6.83. The van der Waals surface area contributed by atoms with Crippen LogP contribution in [0.4, 0.5) is 0 Å². The average Bonchev–Trinajstić information content (AvgIpc) is 2.70. The lowest BCUT2D eigenvalue weighted by atomic mass is 10.0. The first-order chi connectivity index (χ1) is 12.9. The predicted molar refractivity (Wildman–Crippen MR) is 110 cm³/mol. The van der Waals surface area contributed by atoms with Crippen molar-refractivity contribution in [3.63, 3.8) is 0 Å². The van der Waals surface area contributed by atoms with E-state index in [2.05, 4.69) is 4.90 Å². The van der Waals surface area contributed by atoms with Crippen LogP contribution < -0.4 is 18.9 Å². The van der Waals surface area contributed by atoms with E-state index in [9.17, 15) is 0 Å². The summed E-state index contributed by atoms with van der Waals surface area (Å²) in [5.74, 6) is 2.62. The highest BCUT2D eigenvalue weighted by molar-refractivity contribution is 6.52. The van der Waals surface area contributed by atoms with Crippen molar-refractivity contribution in [2.75, 3.05) is 49.1 Å². The van der Waals surface area contributed by atoms with Gasteiger partial charge in [0, 0.05) is 6.54 Å². The number of benzene rings is 2. The molecule has 0 aromatic heterocycles. The SMILES string of the molecule is COc1ccc(/C(Cl)=C(\CN(C)C)c2ccc(OC)c(OC)c2)cc1OC. The Hall–Kier alpha value is -2.37. The Bertz CT molecular complexity index is 818. The quantitative estimate of drug-likeness (QED) is 0.624. The van der Waals surface area contributed by atoms with Crippen molar-refractivity contribution in [3.8, 4) is 23.0 Å². The lowest BCUT2D eigenvalue weighted by molar-refractivity contribution is 0.355. The molecule has 27 heavy (non-hydrogen) atoms. The molecule has 0 N–H and O–H groups in total. The number of methoxy groups -OCH3 is 4. The number of ether oxygens (including phenoxy) is 4. The molecule has 0 aliphatic rings. The van der Waals surface area contributed by atoms with E-state index in [0.717, 1.165) is 16.7 Å². The van der Waals surface area contributed by atoms with Gasteiger partial charge in [0.05, 0.1) is 33.5 Å². The van der Waals surface area contributed by atoms with Crippen molar-refractivity contribution in [3.05, 3.63) is 47.5 Å². The van der Waals surface area contributed by atoms with Gasteiger partial charge in [-0.15, -0.1) is 0 Å². The van der Waals surface area contributed by atoms with E-state index in [1.54, 1.807) is 28.4 Å². The number of likely N-dealkylation sites (N-methyl/N-ethyl adjacent to an activating group) is 1. The van der Waals surface area contributed by atoms with Crippen molar-refractivity contribution >= 4 is 22.2 Å². The standard InChI is InChI=1S/C21H26ClNO4/c1-23(2)13-16(14-7-9-17(24-3)19(11-14)26-5)21(22)15-8-10-18(25-4)20(12-15)27-6/h7-12H,13H2,1-6H3/b21-16-. The Balaban J connectivity index is 2.61. The van der Waals surface area contributed by atoms with E-state index < -0.39 is 0 Å². The number of hydrogen-bond donors (Lipinski definition) is 0. The van der Waals surface area contributed by atoms with Gasteiger partial charge in [0.15, 0.2) is 23.0 Å². The molecule has 6 heteroatoms. The van der Waals surface area contributed by atoms with Crippen molar-refractivity contribution in [2.45, 2.75) is 0 Å². The largest absolute Gasteiger partial charge is 0.493 e. The molecule has 0 spiro atoms. The van der Waals surface area contributed by atoms with Crippen LogP contribution >= 0.6 is 11.6 Å². The van der Waals surface area contributed by atoms with E-state index in [0.29, 0.717) is 34.6 Å². The molecule has 2 rings (SSSR count). The van der Waals surface area contributed by atoms with Crippen LogP contribution in [0.2, 0.25) is 0 Å². The zero-order chi connectivity index (χ0) is 20.0. The third-order valence-corrected chi connectivity index (χ3v) is 4.55. The Morgan fingerprint density at radius 2 is 1.19 bits per heavy atom. The molecular formula is C21H26ClNO4. The highest BCUT2D eigenvalue weighted by Gasteiger charge is 2.15. The lowest BCUT2D eigenvalue weighted by Gasteiger charge is -2.18. The van der Waals surface area contributed by atoms with Gasteiger partial charge in [-0.2, -0.15) is 0 Å². The Kier molecular flexibility index (Phi) is 7.39. The van der Waals surface area contributed by atoms with Crippen LogP contribution in [0.3, 0.4) is 0 Å². The molecule has 0 amide bonds. The lowest BCUT2D eigenvalue weighted by Crippen LogP contribution is -2.15. The van der Waals surface area contributed by atoms with Crippen LogP contribution in [-0.2, 0) is 0 Å². The van der Waals surface area contributed by atoms with E-state index in [4.69, 9.17) is 30.5 Å². The Morgan fingerprint density at radius 3 is 1.63 bits per heavy atom. The first-order valence-electron chi connectivity index (χ1n) is 8.43. The molecule has 5 nitrogen and oxygen atoms in total. The number of hydrogen-bond acceptors (Lipinski definition) is 5. The molecule has 0 saturated carbocycles. The van der Waals surface area contributed by atoms with Gasteiger partial charge in [0.2, 0.25) is 0 Å². The highest BCUT2D eigenvalue weighted by atomic mass is 35.5. The molecule has 0 aliphatic heterocycles. The third-order valence-electron chi connectivity index (χ3n) is 4.11. The minimum absolute atomic E-state index is 0.629. The van der Waals surface area contributed by atoms with Crippen LogP contribution in [0.5, 0.6) is 23.0 Å². The summed E-state index contributed by atoms with van der Waals surface area (Å²) in [6, 6.07) is 11.4. The molecule has 0 saturated heterocycles. The van der Waals surface area contributed by atoms with Crippen LogP contribution in [0, 0.1) is 0 Å². The first-order valence-corrected chi connectivity index (χ1v) is 8.81. The summed E-state index contributed by atoms with van der Waals surface area (Å²) in [4.78, 5) is 2.06. The molecule has 0 bridgehead atoms. The Morgan fingerprint density at radius 1 is 0.741 bits per heavy atom. The van der Waals surface area contributed by atoms with Gasteiger partial charge in [0.1, 0.15) is 0 Å². The van der Waals surface area contributed by atoms with E-state index in [1.807, 2.05) is 50.5 Å². The molecule has 2 aromatic carbocycles. The minimum Gasteiger partial charge on any atom is -0.493 e. The summed E-state index contributed by atoms with van der Waals surface area (Å²) < 4.78 is 21.5. The molecule has 0 aliphatic carbocycles. The second-order valence-electron chi connectivity index (χ2n) is 6.17. The fraction of sp³-hybridized carbons (Fsp3) is 0.333.